The maximum Gasteiger partial charge on any atom is 0.305 e. The minimum atomic E-state index is -0.0233. The van der Waals surface area contributed by atoms with Crippen molar-refractivity contribution >= 4 is 11.8 Å². The zero-order chi connectivity index (χ0) is 21.5. The first kappa shape index (κ1) is 22.3. The van der Waals surface area contributed by atoms with E-state index >= 15 is 0 Å². The molecule has 0 radical (unpaired) electrons. The molecule has 0 aliphatic heterocycles. The first-order valence-corrected chi connectivity index (χ1v) is 13.0. The highest BCUT2D eigenvalue weighted by molar-refractivity contribution is 5.79. The molecule has 170 valence electrons. The second-order valence-electron chi connectivity index (χ2n) is 11.7. The molecule has 0 heterocycles. The number of ketones is 1. The van der Waals surface area contributed by atoms with Crippen molar-refractivity contribution < 1.29 is 14.3 Å². The Labute approximate surface area is 184 Å². The number of rotatable bonds is 6. The van der Waals surface area contributed by atoms with E-state index in [1.54, 1.807) is 0 Å². The van der Waals surface area contributed by atoms with Crippen molar-refractivity contribution in [1.29, 1.82) is 0 Å². The summed E-state index contributed by atoms with van der Waals surface area (Å²) in [6.07, 6.45) is 13.6. The highest BCUT2D eigenvalue weighted by Gasteiger charge is 2.61. The van der Waals surface area contributed by atoms with E-state index in [1.807, 2.05) is 6.92 Å². The summed E-state index contributed by atoms with van der Waals surface area (Å²) in [5, 5.41) is 0. The van der Waals surface area contributed by atoms with Crippen LogP contribution in [0.4, 0.5) is 0 Å². The Kier molecular flexibility index (Phi) is 6.39. The molecule has 3 heteroatoms. The van der Waals surface area contributed by atoms with Gasteiger partial charge in [-0.05, 0) is 105 Å². The van der Waals surface area contributed by atoms with Crippen LogP contribution < -0.4 is 0 Å². The molecule has 8 atom stereocenters. The number of Topliss-reactive ketones (excluding diaryl/α,β-unsaturated/α-hetero) is 1. The maximum atomic E-state index is 12.3. The lowest BCUT2D eigenvalue weighted by molar-refractivity contribution is -0.151. The van der Waals surface area contributed by atoms with Gasteiger partial charge < -0.3 is 4.74 Å². The Balaban J connectivity index is 1.48. The second kappa shape index (κ2) is 8.58. The Bertz CT molecular complexity index is 656. The van der Waals surface area contributed by atoms with Gasteiger partial charge in [0.1, 0.15) is 5.78 Å². The number of carbonyl (C=O) groups excluding carboxylic acids is 2. The quantitative estimate of drug-likeness (QED) is 0.459. The summed E-state index contributed by atoms with van der Waals surface area (Å²) >= 11 is 0. The zero-order valence-corrected chi connectivity index (χ0v) is 19.9. The molecule has 4 aliphatic carbocycles. The molecule has 0 aromatic carbocycles. The molecule has 0 saturated heterocycles. The van der Waals surface area contributed by atoms with Crippen LogP contribution in [0.5, 0.6) is 0 Å². The lowest BCUT2D eigenvalue weighted by Gasteiger charge is -2.62. The van der Waals surface area contributed by atoms with Crippen molar-refractivity contribution in [3.8, 4) is 0 Å². The molecule has 0 amide bonds. The van der Waals surface area contributed by atoms with Gasteiger partial charge in [0.05, 0.1) is 6.61 Å². The minimum absolute atomic E-state index is 0.0233. The lowest BCUT2D eigenvalue weighted by atomic mass is 9.42. The van der Waals surface area contributed by atoms with Crippen LogP contribution in [0.1, 0.15) is 105 Å². The van der Waals surface area contributed by atoms with E-state index in [4.69, 9.17) is 4.74 Å². The van der Waals surface area contributed by atoms with Gasteiger partial charge >= 0.3 is 5.97 Å². The summed E-state index contributed by atoms with van der Waals surface area (Å²) < 4.78 is 5.14. The average Bonchev–Trinajstić information content (AvgIpc) is 3.05. The fourth-order valence-corrected chi connectivity index (χ4v) is 9.05. The summed E-state index contributed by atoms with van der Waals surface area (Å²) in [7, 11) is 0. The van der Waals surface area contributed by atoms with Crippen LogP contribution >= 0.6 is 0 Å². The van der Waals surface area contributed by atoms with Crippen molar-refractivity contribution in [1.82, 2.24) is 0 Å². The highest BCUT2D eigenvalue weighted by atomic mass is 16.5. The first-order chi connectivity index (χ1) is 14.3. The molecular formula is C27H44O3. The number of carbonyl (C=O) groups is 2. The van der Waals surface area contributed by atoms with Gasteiger partial charge in [0.2, 0.25) is 0 Å². The highest BCUT2D eigenvalue weighted by Crippen LogP contribution is 2.68. The van der Waals surface area contributed by atoms with Crippen LogP contribution in [0, 0.1) is 46.3 Å². The van der Waals surface area contributed by atoms with E-state index in [9.17, 15) is 9.59 Å². The maximum absolute atomic E-state index is 12.3. The monoisotopic (exact) mass is 416 g/mol. The second-order valence-corrected chi connectivity index (χ2v) is 11.7. The topological polar surface area (TPSA) is 43.4 Å². The van der Waals surface area contributed by atoms with E-state index in [1.165, 1.54) is 44.9 Å². The third kappa shape index (κ3) is 3.66. The number of hydrogen-bond acceptors (Lipinski definition) is 3. The standard InChI is InChI=1S/C27H44O3/c1-5-18-16-21-22-11-10-19(8-7-9-25(29)30-6-2)26(22,3)15-13-23(21)27(4)14-12-20(28)17-24(18)27/h18-19,21-24H,5-17H2,1-4H3/t18?,19-,21?,22?,23?,24?,26?,27?/m0/s1. The van der Waals surface area contributed by atoms with Gasteiger partial charge in [0.15, 0.2) is 0 Å². The predicted molar refractivity (Wildman–Crippen MR) is 120 cm³/mol. The largest absolute Gasteiger partial charge is 0.466 e. The van der Waals surface area contributed by atoms with Gasteiger partial charge in [-0.1, -0.05) is 27.2 Å². The van der Waals surface area contributed by atoms with Crippen LogP contribution in [-0.4, -0.2) is 18.4 Å². The Morgan fingerprint density at radius 3 is 2.53 bits per heavy atom. The van der Waals surface area contributed by atoms with Crippen LogP contribution in [-0.2, 0) is 14.3 Å². The van der Waals surface area contributed by atoms with Gasteiger partial charge in [0.25, 0.3) is 0 Å². The van der Waals surface area contributed by atoms with E-state index in [-0.39, 0.29) is 5.97 Å². The third-order valence-electron chi connectivity index (χ3n) is 10.6. The Morgan fingerprint density at radius 2 is 1.80 bits per heavy atom. The van der Waals surface area contributed by atoms with Crippen LogP contribution in [0.2, 0.25) is 0 Å². The number of hydrogen-bond donors (Lipinski definition) is 0. The van der Waals surface area contributed by atoms with E-state index in [2.05, 4.69) is 20.8 Å². The molecule has 30 heavy (non-hydrogen) atoms. The summed E-state index contributed by atoms with van der Waals surface area (Å²) in [4.78, 5) is 24.1. The smallest absolute Gasteiger partial charge is 0.305 e. The molecule has 0 N–H and O–H groups in total. The lowest BCUT2D eigenvalue weighted by Crippen LogP contribution is -2.56. The third-order valence-corrected chi connectivity index (χ3v) is 10.6. The molecule has 0 spiro atoms. The molecule has 4 fully saturated rings. The van der Waals surface area contributed by atoms with Gasteiger partial charge in [-0.3, -0.25) is 9.59 Å². The van der Waals surface area contributed by atoms with E-state index < -0.39 is 0 Å². The Hall–Kier alpha value is -0.860. The van der Waals surface area contributed by atoms with Gasteiger partial charge in [0, 0.05) is 19.3 Å². The molecule has 0 aromatic rings. The van der Waals surface area contributed by atoms with Crippen LogP contribution in [0.25, 0.3) is 0 Å². The van der Waals surface area contributed by atoms with Crippen molar-refractivity contribution in [2.45, 2.75) is 105 Å². The number of fused-ring (bicyclic) bond motifs is 5. The summed E-state index contributed by atoms with van der Waals surface area (Å²) in [5.74, 6) is 5.20. The zero-order valence-electron chi connectivity index (χ0n) is 19.9. The summed E-state index contributed by atoms with van der Waals surface area (Å²) in [5.41, 5.74) is 0.850. The predicted octanol–water partition coefficient (Wildman–Crippen LogP) is 6.58. The molecular weight excluding hydrogens is 372 g/mol. The van der Waals surface area contributed by atoms with Gasteiger partial charge in [-0.2, -0.15) is 0 Å². The normalized spacial score (nSPS) is 45.4. The van der Waals surface area contributed by atoms with Crippen LogP contribution in [0.3, 0.4) is 0 Å². The average molecular weight is 417 g/mol. The molecule has 4 aliphatic rings. The molecule has 7 unspecified atom stereocenters. The van der Waals surface area contributed by atoms with Gasteiger partial charge in [-0.25, -0.2) is 0 Å². The number of ether oxygens (including phenoxy) is 1. The summed E-state index contributed by atoms with van der Waals surface area (Å²) in [6, 6.07) is 0. The van der Waals surface area contributed by atoms with E-state index in [0.29, 0.717) is 35.6 Å². The van der Waals surface area contributed by atoms with E-state index in [0.717, 1.165) is 55.3 Å². The molecule has 4 saturated carbocycles. The molecule has 0 aromatic heterocycles. The van der Waals surface area contributed by atoms with Crippen LogP contribution in [0.15, 0.2) is 0 Å². The van der Waals surface area contributed by atoms with Gasteiger partial charge in [-0.15, -0.1) is 0 Å². The molecule has 4 rings (SSSR count). The van der Waals surface area contributed by atoms with Crippen molar-refractivity contribution in [3.05, 3.63) is 0 Å². The first-order valence-electron chi connectivity index (χ1n) is 13.0. The fourth-order valence-electron chi connectivity index (χ4n) is 9.05. The molecule has 0 bridgehead atoms. The SMILES string of the molecule is CCOC(=O)CCC[C@H]1CCC2C3CC(CC)C4CC(=O)CCC4(C)C3CCC21C. The van der Waals surface area contributed by atoms with Crippen molar-refractivity contribution in [2.24, 2.45) is 46.3 Å². The van der Waals surface area contributed by atoms with Crippen molar-refractivity contribution in [2.75, 3.05) is 6.61 Å². The summed E-state index contributed by atoms with van der Waals surface area (Å²) in [6.45, 7) is 9.90. The fraction of sp³-hybridized carbons (Fsp3) is 0.926. The Morgan fingerprint density at radius 1 is 1.03 bits per heavy atom. The minimum Gasteiger partial charge on any atom is -0.466 e. The van der Waals surface area contributed by atoms with Crippen molar-refractivity contribution in [3.63, 3.8) is 0 Å². The molecule has 3 nitrogen and oxygen atoms in total. The number of esters is 1.